The Bertz CT molecular complexity index is 1660. The van der Waals surface area contributed by atoms with Crippen LogP contribution < -0.4 is 0 Å². The summed E-state index contributed by atoms with van der Waals surface area (Å²) < 4.78 is 1.75. The summed E-state index contributed by atoms with van der Waals surface area (Å²) in [6.07, 6.45) is 6.24. The molecule has 1 fully saturated rings. The minimum atomic E-state index is -0.292. The first-order chi connectivity index (χ1) is 24.0. The fourth-order valence-corrected chi connectivity index (χ4v) is 9.37. The first-order valence-electron chi connectivity index (χ1n) is 18.6. The van der Waals surface area contributed by atoms with Gasteiger partial charge in [-0.15, -0.1) is 0 Å². The smallest absolute Gasteiger partial charge is 0.261 e. The molecule has 8 heteroatoms. The fraction of sp³-hybridized carbons (Fsp3) is 0.476. The number of nitrogens with zero attached hydrogens (tertiary/aromatic N) is 4. The Labute approximate surface area is 296 Å². The molecule has 3 aromatic rings. The lowest BCUT2D eigenvalue weighted by Crippen LogP contribution is -2.43. The highest BCUT2D eigenvalue weighted by Crippen LogP contribution is 2.60. The zero-order valence-electron chi connectivity index (χ0n) is 30.1. The number of likely N-dealkylation sites (tertiary alicyclic amines) is 1. The summed E-state index contributed by atoms with van der Waals surface area (Å²) in [6.45, 7) is 4.95. The lowest BCUT2D eigenvalue weighted by atomic mass is 9.55. The Balaban J connectivity index is 0.823. The molecular formula is C42H52N4O4+2. The summed E-state index contributed by atoms with van der Waals surface area (Å²) in [7, 11) is 8.98. The Morgan fingerprint density at radius 3 is 1.20 bits per heavy atom. The fourth-order valence-electron chi connectivity index (χ4n) is 9.37. The van der Waals surface area contributed by atoms with Gasteiger partial charge in [0.15, 0.2) is 0 Å². The maximum absolute atomic E-state index is 13.9. The highest BCUT2D eigenvalue weighted by molar-refractivity contribution is 6.21. The van der Waals surface area contributed by atoms with Crippen LogP contribution in [0.1, 0.15) is 93.3 Å². The lowest BCUT2D eigenvalue weighted by molar-refractivity contribution is -0.891. The molecule has 0 saturated carbocycles. The first kappa shape index (κ1) is 34.3. The molecule has 0 aromatic heterocycles. The number of hydrogen-bond donors (Lipinski definition) is 0. The van der Waals surface area contributed by atoms with Crippen molar-refractivity contribution in [3.05, 3.63) is 106 Å². The molecule has 1 saturated heterocycles. The van der Waals surface area contributed by atoms with Crippen molar-refractivity contribution in [2.45, 2.75) is 50.4 Å². The number of unbranched alkanes of at least 4 members (excludes halogenated alkanes) is 3. The van der Waals surface area contributed by atoms with Crippen molar-refractivity contribution in [1.29, 1.82) is 0 Å². The van der Waals surface area contributed by atoms with Gasteiger partial charge in [-0.05, 0) is 60.1 Å². The summed E-state index contributed by atoms with van der Waals surface area (Å²) in [5.74, 6) is -0.960. The number of imide groups is 2. The molecule has 2 atom stereocenters. The largest absolute Gasteiger partial charge is 0.328 e. The Morgan fingerprint density at radius 1 is 0.460 bits per heavy atom. The summed E-state index contributed by atoms with van der Waals surface area (Å²) in [5.41, 5.74) is 5.93. The predicted octanol–water partition coefficient (Wildman–Crippen LogP) is 5.67. The van der Waals surface area contributed by atoms with E-state index in [4.69, 9.17) is 0 Å². The molecule has 3 aromatic carbocycles. The van der Waals surface area contributed by atoms with Crippen LogP contribution in [0, 0.1) is 11.8 Å². The van der Waals surface area contributed by atoms with E-state index in [0.29, 0.717) is 24.2 Å². The highest BCUT2D eigenvalue weighted by atomic mass is 16.2. The van der Waals surface area contributed by atoms with Crippen LogP contribution in [-0.2, 0) is 9.59 Å². The molecule has 8 rings (SSSR count). The number of carbonyl (C=O) groups excluding carboxylic acids is 4. The third-order valence-electron chi connectivity index (χ3n) is 12.0. The van der Waals surface area contributed by atoms with Gasteiger partial charge in [-0.2, -0.15) is 0 Å². The van der Waals surface area contributed by atoms with E-state index in [2.05, 4.69) is 76.7 Å². The number of benzene rings is 3. The van der Waals surface area contributed by atoms with Gasteiger partial charge in [0.05, 0.1) is 77.3 Å². The van der Waals surface area contributed by atoms with E-state index >= 15 is 0 Å². The molecule has 50 heavy (non-hydrogen) atoms. The predicted molar refractivity (Wildman–Crippen MR) is 193 cm³/mol. The Hall–Kier alpha value is -4.14. The van der Waals surface area contributed by atoms with E-state index in [9.17, 15) is 19.2 Å². The number of carbonyl (C=O) groups is 4. The van der Waals surface area contributed by atoms with Crippen molar-refractivity contribution in [3.63, 3.8) is 0 Å². The maximum atomic E-state index is 13.9. The molecule has 262 valence electrons. The number of hydrogen-bond acceptors (Lipinski definition) is 4. The van der Waals surface area contributed by atoms with E-state index in [0.717, 1.165) is 60.8 Å². The van der Waals surface area contributed by atoms with Crippen LogP contribution in [0.5, 0.6) is 0 Å². The Kier molecular flexibility index (Phi) is 9.29. The monoisotopic (exact) mass is 676 g/mol. The summed E-state index contributed by atoms with van der Waals surface area (Å²) in [6, 6.07) is 23.9. The standard InChI is InChI=1S/C42H52N4O4/c1-45(2,27-15-23-43-39(47)33-21-11-12-22-34(33)40(43)48)25-13-5-6-14-26-46(3,4)28-16-24-44-41(49)37-35-29-17-7-8-18-30(29)36(38(37)42(44)50)32-20-10-9-19-31(32)35/h7-12,17-22,35-38H,5-6,13-16,23-28H2,1-4H3/q+2. The van der Waals surface area contributed by atoms with E-state index < -0.39 is 0 Å². The summed E-state index contributed by atoms with van der Waals surface area (Å²) in [5, 5.41) is 0. The molecule has 8 nitrogen and oxygen atoms in total. The van der Waals surface area contributed by atoms with E-state index in [-0.39, 0.29) is 47.3 Å². The van der Waals surface area contributed by atoms with Crippen LogP contribution >= 0.6 is 0 Å². The molecule has 2 aliphatic heterocycles. The zero-order chi connectivity index (χ0) is 35.2. The van der Waals surface area contributed by atoms with Gasteiger partial charge in [0.2, 0.25) is 11.8 Å². The van der Waals surface area contributed by atoms with Gasteiger partial charge in [-0.1, -0.05) is 60.7 Å². The minimum Gasteiger partial charge on any atom is -0.328 e. The topological polar surface area (TPSA) is 74.8 Å². The van der Waals surface area contributed by atoms with Crippen molar-refractivity contribution in [2.75, 3.05) is 67.5 Å². The lowest BCUT2D eigenvalue weighted by Gasteiger charge is -2.45. The molecule has 0 radical (unpaired) electrons. The average molecular weight is 677 g/mol. The molecule has 2 heterocycles. The summed E-state index contributed by atoms with van der Waals surface area (Å²) >= 11 is 0. The second-order valence-corrected chi connectivity index (χ2v) is 16.3. The molecule has 5 aliphatic rings. The molecule has 2 unspecified atom stereocenters. The van der Waals surface area contributed by atoms with Crippen LogP contribution in [0.4, 0.5) is 0 Å². The highest BCUT2D eigenvalue weighted by Gasteiger charge is 2.61. The second-order valence-electron chi connectivity index (χ2n) is 16.3. The SMILES string of the molecule is C[N+](C)(CCCCCC[N+](C)(C)CCCN1C(=O)C2C3c4ccccc4C(c4ccccc43)C2C1=O)CCCN1C(=O)c2ccccc2C1=O. The molecular weight excluding hydrogens is 624 g/mol. The van der Waals surface area contributed by atoms with Gasteiger partial charge < -0.3 is 8.97 Å². The van der Waals surface area contributed by atoms with Gasteiger partial charge in [-0.25, -0.2) is 0 Å². The van der Waals surface area contributed by atoms with E-state index in [1.54, 1.807) is 29.2 Å². The number of fused-ring (bicyclic) bond motifs is 1. The third-order valence-corrected chi connectivity index (χ3v) is 12.0. The zero-order valence-corrected chi connectivity index (χ0v) is 30.1. The first-order valence-corrected chi connectivity index (χ1v) is 18.6. The number of amides is 4. The van der Waals surface area contributed by atoms with Crippen molar-refractivity contribution in [2.24, 2.45) is 11.8 Å². The van der Waals surface area contributed by atoms with Crippen LogP contribution in [0.3, 0.4) is 0 Å². The summed E-state index contributed by atoms with van der Waals surface area (Å²) in [4.78, 5) is 56.2. The number of rotatable bonds is 15. The van der Waals surface area contributed by atoms with Gasteiger partial charge in [0.1, 0.15) is 0 Å². The van der Waals surface area contributed by atoms with Crippen molar-refractivity contribution >= 4 is 23.6 Å². The van der Waals surface area contributed by atoms with Gasteiger partial charge in [0.25, 0.3) is 11.8 Å². The molecule has 3 aliphatic carbocycles. The maximum Gasteiger partial charge on any atom is 0.261 e. The number of quaternary nitrogens is 2. The van der Waals surface area contributed by atoms with Crippen LogP contribution in [-0.4, -0.2) is 110 Å². The molecule has 4 amide bonds. The van der Waals surface area contributed by atoms with Gasteiger partial charge in [0, 0.05) is 37.8 Å². The third kappa shape index (κ3) is 6.21. The quantitative estimate of drug-likeness (QED) is 0.118. The van der Waals surface area contributed by atoms with Crippen LogP contribution in [0.25, 0.3) is 0 Å². The average Bonchev–Trinajstić information content (AvgIpc) is 3.50. The van der Waals surface area contributed by atoms with Crippen molar-refractivity contribution in [3.8, 4) is 0 Å². The van der Waals surface area contributed by atoms with E-state index in [1.165, 1.54) is 40.0 Å². The second kappa shape index (κ2) is 13.5. The van der Waals surface area contributed by atoms with Gasteiger partial charge in [-0.3, -0.25) is 29.0 Å². The van der Waals surface area contributed by atoms with Crippen molar-refractivity contribution in [1.82, 2.24) is 9.80 Å². The minimum absolute atomic E-state index is 0.0224. The van der Waals surface area contributed by atoms with Crippen molar-refractivity contribution < 1.29 is 28.1 Å². The van der Waals surface area contributed by atoms with Crippen LogP contribution in [0.15, 0.2) is 72.8 Å². The van der Waals surface area contributed by atoms with E-state index in [1.807, 2.05) is 0 Å². The normalized spacial score (nSPS) is 22.2. The van der Waals surface area contributed by atoms with Crippen LogP contribution in [0.2, 0.25) is 0 Å². The molecule has 2 bridgehead atoms. The molecule has 0 N–H and O–H groups in total. The molecule has 0 spiro atoms. The van der Waals surface area contributed by atoms with Gasteiger partial charge >= 0.3 is 0 Å². The Morgan fingerprint density at radius 2 is 0.800 bits per heavy atom.